The summed E-state index contributed by atoms with van der Waals surface area (Å²) in [6.45, 7) is 7.92. The van der Waals surface area contributed by atoms with E-state index in [0.29, 0.717) is 16.6 Å². The number of amides is 1. The smallest absolute Gasteiger partial charge is 0.256 e. The minimum atomic E-state index is -3.67. The van der Waals surface area contributed by atoms with Crippen LogP contribution >= 0.6 is 0 Å². The summed E-state index contributed by atoms with van der Waals surface area (Å²) >= 11 is 0. The number of aromatic nitrogens is 3. The second-order valence-corrected chi connectivity index (χ2v) is 9.44. The molecule has 0 aliphatic heterocycles. The summed E-state index contributed by atoms with van der Waals surface area (Å²) in [5.74, 6) is -1.08. The Balaban J connectivity index is 2.02. The first kappa shape index (κ1) is 21.7. The predicted octanol–water partition coefficient (Wildman–Crippen LogP) is 3.90. The van der Waals surface area contributed by atoms with Crippen molar-refractivity contribution in [2.45, 2.75) is 39.7 Å². The van der Waals surface area contributed by atoms with Crippen LogP contribution in [-0.4, -0.2) is 35.3 Å². The minimum Gasteiger partial charge on any atom is -0.322 e. The molecule has 3 rings (SSSR count). The van der Waals surface area contributed by atoms with Crippen molar-refractivity contribution in [3.05, 3.63) is 47.5 Å². The highest BCUT2D eigenvalue weighted by Gasteiger charge is 2.19. The molecule has 0 atom stereocenters. The molecule has 2 heterocycles. The lowest BCUT2D eigenvalue weighted by Gasteiger charge is -2.13. The number of hydrogen-bond acceptors (Lipinski definition) is 5. The molecular formula is C20H24FN5O3S. The summed E-state index contributed by atoms with van der Waals surface area (Å²) in [7, 11) is -3.67. The van der Waals surface area contributed by atoms with Crippen molar-refractivity contribution in [1.82, 2.24) is 14.8 Å². The molecule has 2 N–H and O–H groups in total. The highest BCUT2D eigenvalue weighted by molar-refractivity contribution is 7.92. The van der Waals surface area contributed by atoms with Crippen LogP contribution in [0.15, 0.2) is 30.5 Å². The maximum Gasteiger partial charge on any atom is 0.256 e. The third-order valence-electron chi connectivity index (χ3n) is 4.43. The summed E-state index contributed by atoms with van der Waals surface area (Å²) in [5, 5.41) is 7.66. The van der Waals surface area contributed by atoms with E-state index in [4.69, 9.17) is 0 Å². The van der Waals surface area contributed by atoms with Gasteiger partial charge in [-0.3, -0.25) is 9.52 Å². The van der Waals surface area contributed by atoms with Gasteiger partial charge in [-0.1, -0.05) is 13.8 Å². The summed E-state index contributed by atoms with van der Waals surface area (Å²) in [6.07, 6.45) is 2.52. The van der Waals surface area contributed by atoms with Gasteiger partial charge in [-0.15, -0.1) is 0 Å². The average Bonchev–Trinajstić information content (AvgIpc) is 3.06. The molecule has 0 fully saturated rings. The molecule has 0 aliphatic rings. The van der Waals surface area contributed by atoms with E-state index in [1.165, 1.54) is 12.1 Å². The number of sulfonamides is 1. The van der Waals surface area contributed by atoms with Gasteiger partial charge in [0.1, 0.15) is 5.82 Å². The number of pyridine rings is 1. The zero-order valence-corrected chi connectivity index (χ0v) is 18.2. The van der Waals surface area contributed by atoms with Crippen molar-refractivity contribution in [3.63, 3.8) is 0 Å². The van der Waals surface area contributed by atoms with Gasteiger partial charge in [0, 0.05) is 17.4 Å². The lowest BCUT2D eigenvalue weighted by molar-refractivity contribution is 0.102. The highest BCUT2D eigenvalue weighted by Crippen LogP contribution is 2.26. The summed E-state index contributed by atoms with van der Waals surface area (Å²) < 4.78 is 40.6. The molecule has 0 saturated heterocycles. The SMILES string of the molecule is CC(C)c1cc(C(=O)Nc2ccc(F)c(NS(C)(=O)=O)c2)c2cnn(C(C)C)c2n1. The molecule has 160 valence electrons. The van der Waals surface area contributed by atoms with E-state index in [9.17, 15) is 17.6 Å². The molecular weight excluding hydrogens is 409 g/mol. The normalized spacial score (nSPS) is 12.0. The van der Waals surface area contributed by atoms with Crippen LogP contribution in [0.1, 0.15) is 55.7 Å². The van der Waals surface area contributed by atoms with Gasteiger partial charge < -0.3 is 5.32 Å². The Morgan fingerprint density at radius 2 is 1.87 bits per heavy atom. The molecule has 0 unspecified atom stereocenters. The van der Waals surface area contributed by atoms with Gasteiger partial charge >= 0.3 is 0 Å². The zero-order chi connectivity index (χ0) is 22.2. The first-order chi connectivity index (χ1) is 14.0. The van der Waals surface area contributed by atoms with Crippen molar-refractivity contribution in [2.24, 2.45) is 0 Å². The van der Waals surface area contributed by atoms with Crippen LogP contribution in [0, 0.1) is 5.82 Å². The van der Waals surface area contributed by atoms with Crippen LogP contribution in [0.25, 0.3) is 11.0 Å². The van der Waals surface area contributed by atoms with E-state index >= 15 is 0 Å². The van der Waals surface area contributed by atoms with Gasteiger partial charge in [-0.25, -0.2) is 22.5 Å². The number of benzene rings is 1. The van der Waals surface area contributed by atoms with E-state index in [-0.39, 0.29) is 23.3 Å². The van der Waals surface area contributed by atoms with E-state index in [0.717, 1.165) is 18.0 Å². The van der Waals surface area contributed by atoms with Crippen LogP contribution in [-0.2, 0) is 10.0 Å². The van der Waals surface area contributed by atoms with Gasteiger partial charge in [-0.2, -0.15) is 5.10 Å². The average molecular weight is 434 g/mol. The Hall–Kier alpha value is -3.01. The molecule has 0 aliphatic carbocycles. The quantitative estimate of drug-likeness (QED) is 0.613. The number of nitrogens with one attached hydrogen (secondary N) is 2. The standard InChI is InChI=1S/C20H24FN5O3S/c1-11(2)17-9-14(15-10-22-26(12(3)4)19(15)24-17)20(27)23-13-6-7-16(21)18(8-13)25-30(5,28)29/h6-12,25H,1-5H3,(H,23,27). The van der Waals surface area contributed by atoms with Crippen molar-refractivity contribution in [2.75, 3.05) is 16.3 Å². The Kier molecular flexibility index (Phi) is 5.80. The summed E-state index contributed by atoms with van der Waals surface area (Å²) in [6, 6.07) is 5.46. The Morgan fingerprint density at radius 1 is 1.17 bits per heavy atom. The highest BCUT2D eigenvalue weighted by atomic mass is 32.2. The van der Waals surface area contributed by atoms with Crippen molar-refractivity contribution < 1.29 is 17.6 Å². The van der Waals surface area contributed by atoms with Gasteiger partial charge in [0.05, 0.1) is 29.1 Å². The number of carbonyl (C=O) groups excluding carboxylic acids is 1. The molecule has 1 amide bonds. The molecule has 8 nitrogen and oxygen atoms in total. The number of rotatable bonds is 6. The molecule has 0 bridgehead atoms. The molecule has 1 aromatic carbocycles. The first-order valence-electron chi connectivity index (χ1n) is 9.43. The Labute approximate surface area is 174 Å². The molecule has 0 saturated carbocycles. The number of carbonyl (C=O) groups is 1. The molecule has 2 aromatic heterocycles. The fourth-order valence-electron chi connectivity index (χ4n) is 2.98. The Bertz CT molecular complexity index is 1220. The van der Waals surface area contributed by atoms with E-state index in [1.54, 1.807) is 16.9 Å². The number of halogens is 1. The van der Waals surface area contributed by atoms with Crippen LogP contribution in [0.4, 0.5) is 15.8 Å². The van der Waals surface area contributed by atoms with Gasteiger partial charge in [0.25, 0.3) is 5.91 Å². The number of nitrogens with zero attached hydrogens (tertiary/aromatic N) is 3. The maximum atomic E-state index is 13.9. The summed E-state index contributed by atoms with van der Waals surface area (Å²) in [4.78, 5) is 17.7. The second-order valence-electron chi connectivity index (χ2n) is 7.69. The predicted molar refractivity (Wildman–Crippen MR) is 115 cm³/mol. The molecule has 3 aromatic rings. The topological polar surface area (TPSA) is 106 Å². The number of hydrogen-bond donors (Lipinski definition) is 2. The lowest BCUT2D eigenvalue weighted by atomic mass is 10.0. The van der Waals surface area contributed by atoms with Crippen LogP contribution in [0.3, 0.4) is 0 Å². The molecule has 0 spiro atoms. The number of fused-ring (bicyclic) bond motifs is 1. The van der Waals surface area contributed by atoms with Gasteiger partial charge in [0.15, 0.2) is 5.65 Å². The lowest BCUT2D eigenvalue weighted by Crippen LogP contribution is -2.15. The minimum absolute atomic E-state index is 0.0649. The van der Waals surface area contributed by atoms with Crippen LogP contribution in [0.2, 0.25) is 0 Å². The van der Waals surface area contributed by atoms with Crippen molar-refractivity contribution in [1.29, 1.82) is 0 Å². The van der Waals surface area contributed by atoms with Gasteiger partial charge in [-0.05, 0) is 44.0 Å². The monoisotopic (exact) mass is 433 g/mol. The second kappa shape index (κ2) is 8.02. The van der Waals surface area contributed by atoms with E-state index < -0.39 is 21.7 Å². The molecule has 10 heteroatoms. The van der Waals surface area contributed by atoms with E-state index in [2.05, 4.69) is 20.1 Å². The fraction of sp³-hybridized carbons (Fsp3) is 0.350. The maximum absolute atomic E-state index is 13.9. The zero-order valence-electron chi connectivity index (χ0n) is 17.4. The fourth-order valence-corrected chi connectivity index (χ4v) is 3.53. The van der Waals surface area contributed by atoms with E-state index in [1.807, 2.05) is 27.7 Å². The van der Waals surface area contributed by atoms with Crippen LogP contribution < -0.4 is 10.0 Å². The molecule has 30 heavy (non-hydrogen) atoms. The first-order valence-corrected chi connectivity index (χ1v) is 11.3. The Morgan fingerprint density at radius 3 is 2.47 bits per heavy atom. The van der Waals surface area contributed by atoms with Crippen LogP contribution in [0.5, 0.6) is 0 Å². The van der Waals surface area contributed by atoms with Gasteiger partial charge in [0.2, 0.25) is 10.0 Å². The van der Waals surface area contributed by atoms with Crippen molar-refractivity contribution >= 4 is 38.3 Å². The summed E-state index contributed by atoms with van der Waals surface area (Å²) in [5.41, 5.74) is 1.75. The number of anilines is 2. The third kappa shape index (κ3) is 4.59. The largest absolute Gasteiger partial charge is 0.322 e. The van der Waals surface area contributed by atoms with Crippen molar-refractivity contribution in [3.8, 4) is 0 Å². The third-order valence-corrected chi connectivity index (χ3v) is 5.02. The molecule has 0 radical (unpaired) electrons.